The molecule has 0 radical (unpaired) electrons. The largest absolute Gasteiger partial charge is 0.469 e. The molecule has 0 aliphatic carbocycles. The van der Waals surface area contributed by atoms with Gasteiger partial charge < -0.3 is 4.74 Å². The molecule has 0 aliphatic rings. The van der Waals surface area contributed by atoms with E-state index in [1.165, 1.54) is 0 Å². The van der Waals surface area contributed by atoms with Crippen LogP contribution in [0.3, 0.4) is 0 Å². The van der Waals surface area contributed by atoms with Gasteiger partial charge in [-0.15, -0.1) is 0 Å². The second-order valence-corrected chi connectivity index (χ2v) is 5.98. The third-order valence-corrected chi connectivity index (χ3v) is 2.25. The molecule has 90 valence electrons. The molecular weight excluding hydrogens is 270 g/mol. The number of nitrogens with zero attached hydrogens (tertiary/aromatic N) is 1. The summed E-state index contributed by atoms with van der Waals surface area (Å²) >= 11 is 16.4. The first-order chi connectivity index (χ1) is 7.18. The van der Waals surface area contributed by atoms with Crippen LogP contribution in [-0.4, -0.2) is 15.8 Å². The maximum atomic E-state index is 8.73. The second-order valence-electron chi connectivity index (χ2n) is 3.70. The summed E-state index contributed by atoms with van der Waals surface area (Å²) in [7, 11) is 0. The zero-order valence-corrected chi connectivity index (χ0v) is 11.3. The van der Waals surface area contributed by atoms with Crippen LogP contribution in [0.5, 0.6) is 0 Å². The highest BCUT2D eigenvalue weighted by atomic mass is 35.6. The summed E-state index contributed by atoms with van der Waals surface area (Å²) < 4.78 is 3.23. The van der Waals surface area contributed by atoms with E-state index in [1.54, 1.807) is 0 Å². The molecule has 0 aliphatic heterocycles. The van der Waals surface area contributed by atoms with E-state index >= 15 is 0 Å². The molecule has 0 aromatic rings. The minimum Gasteiger partial charge on any atom is -0.469 e. The first kappa shape index (κ1) is 15.6. The van der Waals surface area contributed by atoms with Crippen LogP contribution in [0.15, 0.2) is 12.2 Å². The van der Waals surface area contributed by atoms with Gasteiger partial charge in [0.2, 0.25) is 5.90 Å². The Balaban J connectivity index is 4.63. The number of nitriles is 1. The SMILES string of the molecule is C=C(C#N)C(CC(C)C)OC(=N)C(Cl)(Cl)Cl. The topological polar surface area (TPSA) is 56.9 Å². The average Bonchev–Trinajstić information content (AvgIpc) is 2.13. The third-order valence-electron chi connectivity index (χ3n) is 1.74. The Morgan fingerprint density at radius 1 is 1.50 bits per heavy atom. The molecule has 1 unspecified atom stereocenters. The van der Waals surface area contributed by atoms with Crippen molar-refractivity contribution < 1.29 is 4.74 Å². The van der Waals surface area contributed by atoms with E-state index < -0.39 is 15.8 Å². The smallest absolute Gasteiger partial charge is 0.265 e. The lowest BCUT2D eigenvalue weighted by Crippen LogP contribution is -2.28. The Bertz CT molecular complexity index is 315. The van der Waals surface area contributed by atoms with E-state index in [0.717, 1.165) is 0 Å². The maximum Gasteiger partial charge on any atom is 0.265 e. The number of hydrogen-bond acceptors (Lipinski definition) is 3. The Labute approximate surface area is 110 Å². The summed E-state index contributed by atoms with van der Waals surface area (Å²) in [5.74, 6) is -0.224. The quantitative estimate of drug-likeness (QED) is 0.369. The zero-order valence-electron chi connectivity index (χ0n) is 9.06. The van der Waals surface area contributed by atoms with Crippen LogP contribution in [0.25, 0.3) is 0 Å². The molecule has 1 N–H and O–H groups in total. The van der Waals surface area contributed by atoms with Crippen LogP contribution < -0.4 is 0 Å². The van der Waals surface area contributed by atoms with Gasteiger partial charge in [0.25, 0.3) is 3.79 Å². The van der Waals surface area contributed by atoms with Gasteiger partial charge in [0.1, 0.15) is 6.10 Å². The van der Waals surface area contributed by atoms with Crippen molar-refractivity contribution in [3.63, 3.8) is 0 Å². The van der Waals surface area contributed by atoms with E-state index in [-0.39, 0.29) is 11.5 Å². The Morgan fingerprint density at radius 3 is 2.31 bits per heavy atom. The molecule has 6 heteroatoms. The molecule has 0 aromatic heterocycles. The van der Waals surface area contributed by atoms with Crippen molar-refractivity contribution in [2.24, 2.45) is 5.92 Å². The Kier molecular flexibility index (Phi) is 6.17. The first-order valence-corrected chi connectivity index (χ1v) is 5.73. The van der Waals surface area contributed by atoms with E-state index in [2.05, 4.69) is 6.58 Å². The Morgan fingerprint density at radius 2 is 2.00 bits per heavy atom. The average molecular weight is 284 g/mol. The highest BCUT2D eigenvalue weighted by Crippen LogP contribution is 2.29. The number of halogens is 3. The number of ether oxygens (including phenoxy) is 1. The number of alkyl halides is 3. The van der Waals surface area contributed by atoms with Gasteiger partial charge in [0.15, 0.2) is 0 Å². The number of nitrogens with one attached hydrogen (secondary N) is 1. The summed E-state index contributed by atoms with van der Waals surface area (Å²) in [5.41, 5.74) is 0.215. The molecule has 1 atom stereocenters. The van der Waals surface area contributed by atoms with E-state index in [4.69, 9.17) is 50.2 Å². The van der Waals surface area contributed by atoms with Crippen molar-refractivity contribution >= 4 is 40.7 Å². The fourth-order valence-corrected chi connectivity index (χ4v) is 1.10. The van der Waals surface area contributed by atoms with Gasteiger partial charge in [-0.25, -0.2) is 0 Å². The van der Waals surface area contributed by atoms with Crippen LogP contribution in [0, 0.1) is 22.7 Å². The normalized spacial score (nSPS) is 13.1. The van der Waals surface area contributed by atoms with Crippen molar-refractivity contribution in [2.75, 3.05) is 0 Å². The Hall–Kier alpha value is -0.430. The summed E-state index contributed by atoms with van der Waals surface area (Å²) in [6.07, 6.45) is -0.0803. The molecule has 0 spiro atoms. The van der Waals surface area contributed by atoms with Gasteiger partial charge in [-0.3, -0.25) is 5.41 Å². The summed E-state index contributed by atoms with van der Waals surface area (Å²) in [4.78, 5) is 0. The molecule has 0 amide bonds. The first-order valence-electron chi connectivity index (χ1n) is 4.59. The van der Waals surface area contributed by atoms with Gasteiger partial charge in [0, 0.05) is 0 Å². The monoisotopic (exact) mass is 282 g/mol. The highest BCUT2D eigenvalue weighted by Gasteiger charge is 2.31. The number of rotatable bonds is 4. The summed E-state index contributed by atoms with van der Waals surface area (Å²) in [5, 5.41) is 16.1. The van der Waals surface area contributed by atoms with Crippen molar-refractivity contribution in [3.05, 3.63) is 12.2 Å². The molecule has 0 heterocycles. The molecule has 0 bridgehead atoms. The molecule has 0 saturated heterocycles. The van der Waals surface area contributed by atoms with Gasteiger partial charge >= 0.3 is 0 Å². The predicted molar refractivity (Wildman–Crippen MR) is 67.1 cm³/mol. The van der Waals surface area contributed by atoms with Crippen LogP contribution in [0.2, 0.25) is 0 Å². The standard InChI is InChI=1S/C10H13Cl3N2O/c1-6(2)4-8(7(3)5-14)16-9(15)10(11,12)13/h6,8,15H,3-4H2,1-2H3. The van der Waals surface area contributed by atoms with Crippen LogP contribution in [-0.2, 0) is 4.74 Å². The molecule has 16 heavy (non-hydrogen) atoms. The minimum absolute atomic E-state index is 0.215. The summed E-state index contributed by atoms with van der Waals surface area (Å²) in [6, 6.07) is 1.88. The molecule has 3 nitrogen and oxygen atoms in total. The van der Waals surface area contributed by atoms with E-state index in [1.807, 2.05) is 19.9 Å². The lowest BCUT2D eigenvalue weighted by Gasteiger charge is -2.22. The van der Waals surface area contributed by atoms with Gasteiger partial charge in [0.05, 0.1) is 11.6 Å². The molecule has 0 saturated carbocycles. The highest BCUT2D eigenvalue weighted by molar-refractivity contribution is 6.76. The lowest BCUT2D eigenvalue weighted by atomic mass is 10.0. The van der Waals surface area contributed by atoms with Crippen LogP contribution >= 0.6 is 34.8 Å². The fraction of sp³-hybridized carbons (Fsp3) is 0.600. The predicted octanol–water partition coefficient (Wildman–Crippen LogP) is 3.84. The summed E-state index contributed by atoms with van der Waals surface area (Å²) in [6.45, 7) is 7.47. The molecule has 0 rings (SSSR count). The van der Waals surface area contributed by atoms with E-state index in [9.17, 15) is 0 Å². The van der Waals surface area contributed by atoms with Crippen molar-refractivity contribution in [3.8, 4) is 6.07 Å². The van der Waals surface area contributed by atoms with Crippen LogP contribution in [0.1, 0.15) is 20.3 Å². The van der Waals surface area contributed by atoms with Crippen molar-refractivity contribution in [1.29, 1.82) is 10.7 Å². The van der Waals surface area contributed by atoms with Gasteiger partial charge in [-0.2, -0.15) is 5.26 Å². The minimum atomic E-state index is -1.91. The maximum absolute atomic E-state index is 8.73. The number of hydrogen-bond donors (Lipinski definition) is 1. The molecule has 0 fully saturated rings. The van der Waals surface area contributed by atoms with Crippen LogP contribution in [0.4, 0.5) is 0 Å². The molecular formula is C10H13Cl3N2O. The van der Waals surface area contributed by atoms with Gasteiger partial charge in [-0.05, 0) is 12.3 Å². The van der Waals surface area contributed by atoms with Gasteiger partial charge in [-0.1, -0.05) is 55.2 Å². The van der Waals surface area contributed by atoms with E-state index in [0.29, 0.717) is 6.42 Å². The molecule has 0 aromatic carbocycles. The zero-order chi connectivity index (χ0) is 12.9. The lowest BCUT2D eigenvalue weighted by molar-refractivity contribution is 0.194. The third kappa shape index (κ3) is 5.60. The van der Waals surface area contributed by atoms with Crippen molar-refractivity contribution in [1.82, 2.24) is 0 Å². The van der Waals surface area contributed by atoms with Crippen molar-refractivity contribution in [2.45, 2.75) is 30.2 Å². The second kappa shape index (κ2) is 6.34. The fourth-order valence-electron chi connectivity index (χ4n) is 0.971.